The maximum absolute atomic E-state index is 11.8. The van der Waals surface area contributed by atoms with Crippen molar-refractivity contribution in [3.05, 3.63) is 28.2 Å². The molecule has 1 aromatic rings. The highest BCUT2D eigenvalue weighted by atomic mass is 79.9. The first-order valence-corrected chi connectivity index (χ1v) is 6.84. The molecule has 0 aliphatic heterocycles. The summed E-state index contributed by atoms with van der Waals surface area (Å²) in [6, 6.07) is 5.31. The van der Waals surface area contributed by atoms with Gasteiger partial charge in [-0.05, 0) is 24.6 Å². The molecule has 0 spiro atoms. The van der Waals surface area contributed by atoms with E-state index in [2.05, 4.69) is 33.9 Å². The van der Waals surface area contributed by atoms with E-state index in [-0.39, 0.29) is 12.5 Å². The van der Waals surface area contributed by atoms with Crippen molar-refractivity contribution in [3.63, 3.8) is 0 Å². The molecular formula is C12H16BrNO3S. The van der Waals surface area contributed by atoms with E-state index in [0.717, 1.165) is 4.47 Å². The lowest BCUT2D eigenvalue weighted by molar-refractivity contribution is 0.0866. The SMILES string of the molecule is O=C(NCCCOCCO)c1ccc(Br)cc1S. The maximum atomic E-state index is 11.8. The number of carbonyl (C=O) groups is 1. The van der Waals surface area contributed by atoms with Gasteiger partial charge in [0.15, 0.2) is 0 Å². The number of hydrogen-bond acceptors (Lipinski definition) is 4. The molecule has 1 aromatic carbocycles. The quantitative estimate of drug-likeness (QED) is 0.527. The first-order chi connectivity index (χ1) is 8.65. The molecule has 1 amide bonds. The van der Waals surface area contributed by atoms with Crippen molar-refractivity contribution in [3.8, 4) is 0 Å². The largest absolute Gasteiger partial charge is 0.394 e. The Kier molecular flexibility index (Phi) is 7.34. The first kappa shape index (κ1) is 15.5. The van der Waals surface area contributed by atoms with E-state index in [1.807, 2.05) is 0 Å². The van der Waals surface area contributed by atoms with E-state index >= 15 is 0 Å². The van der Waals surface area contributed by atoms with Crippen LogP contribution in [-0.2, 0) is 4.74 Å². The zero-order valence-corrected chi connectivity index (χ0v) is 12.3. The van der Waals surface area contributed by atoms with Gasteiger partial charge in [0.2, 0.25) is 0 Å². The number of rotatable bonds is 7. The molecule has 0 saturated carbocycles. The van der Waals surface area contributed by atoms with Gasteiger partial charge in [0.1, 0.15) is 0 Å². The molecular weight excluding hydrogens is 318 g/mol. The summed E-state index contributed by atoms with van der Waals surface area (Å²) in [5, 5.41) is 11.3. The molecule has 2 N–H and O–H groups in total. The van der Waals surface area contributed by atoms with Crippen molar-refractivity contribution >= 4 is 34.5 Å². The molecule has 0 heterocycles. The Morgan fingerprint density at radius 2 is 2.22 bits per heavy atom. The highest BCUT2D eigenvalue weighted by molar-refractivity contribution is 9.10. The molecule has 0 atom stereocenters. The molecule has 6 heteroatoms. The number of aliphatic hydroxyl groups excluding tert-OH is 1. The number of benzene rings is 1. The van der Waals surface area contributed by atoms with Crippen LogP contribution in [0.2, 0.25) is 0 Å². The topological polar surface area (TPSA) is 58.6 Å². The zero-order chi connectivity index (χ0) is 13.4. The number of carbonyl (C=O) groups excluding carboxylic acids is 1. The van der Waals surface area contributed by atoms with Crippen molar-refractivity contribution in [1.82, 2.24) is 5.32 Å². The van der Waals surface area contributed by atoms with Gasteiger partial charge in [-0.15, -0.1) is 12.6 Å². The molecule has 0 radical (unpaired) electrons. The van der Waals surface area contributed by atoms with Gasteiger partial charge < -0.3 is 15.2 Å². The highest BCUT2D eigenvalue weighted by Gasteiger charge is 2.08. The fourth-order valence-corrected chi connectivity index (χ4v) is 2.19. The lowest BCUT2D eigenvalue weighted by Gasteiger charge is -2.07. The van der Waals surface area contributed by atoms with Crippen LogP contribution in [0, 0.1) is 0 Å². The third-order valence-corrected chi connectivity index (χ3v) is 3.05. The predicted molar refractivity (Wildman–Crippen MR) is 76.2 cm³/mol. The Balaban J connectivity index is 2.32. The second-order valence-corrected chi connectivity index (χ2v) is 5.00. The van der Waals surface area contributed by atoms with E-state index in [4.69, 9.17) is 9.84 Å². The van der Waals surface area contributed by atoms with Gasteiger partial charge in [-0.1, -0.05) is 15.9 Å². The van der Waals surface area contributed by atoms with Gasteiger partial charge in [0.05, 0.1) is 18.8 Å². The van der Waals surface area contributed by atoms with Gasteiger partial charge in [0.25, 0.3) is 5.91 Å². The zero-order valence-electron chi connectivity index (χ0n) is 9.86. The summed E-state index contributed by atoms with van der Waals surface area (Å²) >= 11 is 7.57. The van der Waals surface area contributed by atoms with Crippen LogP contribution in [0.3, 0.4) is 0 Å². The van der Waals surface area contributed by atoms with Crippen LogP contribution in [0.4, 0.5) is 0 Å². The van der Waals surface area contributed by atoms with Gasteiger partial charge in [-0.3, -0.25) is 4.79 Å². The number of halogens is 1. The Morgan fingerprint density at radius 3 is 2.89 bits per heavy atom. The average Bonchev–Trinajstić information content (AvgIpc) is 2.33. The molecule has 0 saturated heterocycles. The third-order valence-electron chi connectivity index (χ3n) is 2.19. The standard InChI is InChI=1S/C12H16BrNO3S/c13-9-2-3-10(11(18)8-9)12(16)14-4-1-6-17-7-5-15/h2-3,8,15,18H,1,4-7H2,(H,14,16). The molecule has 0 fully saturated rings. The van der Waals surface area contributed by atoms with Crippen LogP contribution in [0.15, 0.2) is 27.6 Å². The van der Waals surface area contributed by atoms with E-state index in [9.17, 15) is 4.79 Å². The summed E-state index contributed by atoms with van der Waals surface area (Å²) in [4.78, 5) is 12.4. The molecule has 0 aliphatic rings. The number of aliphatic hydroxyl groups is 1. The van der Waals surface area contributed by atoms with Crippen LogP contribution in [0.1, 0.15) is 16.8 Å². The van der Waals surface area contributed by atoms with E-state index < -0.39 is 0 Å². The van der Waals surface area contributed by atoms with E-state index in [1.54, 1.807) is 18.2 Å². The number of hydrogen-bond donors (Lipinski definition) is 3. The summed E-state index contributed by atoms with van der Waals surface area (Å²) in [6.07, 6.45) is 0.712. The second kappa shape index (κ2) is 8.53. The molecule has 0 unspecified atom stereocenters. The van der Waals surface area contributed by atoms with Crippen LogP contribution in [-0.4, -0.2) is 37.4 Å². The Labute approximate surface area is 120 Å². The predicted octanol–water partition coefficient (Wildman–Crippen LogP) is 1.87. The number of thiol groups is 1. The van der Waals surface area contributed by atoms with Crippen LogP contribution in [0.5, 0.6) is 0 Å². The molecule has 0 bridgehead atoms. The Hall–Kier alpha value is -0.560. The maximum Gasteiger partial charge on any atom is 0.252 e. The fraction of sp³-hybridized carbons (Fsp3) is 0.417. The lowest BCUT2D eigenvalue weighted by Crippen LogP contribution is -2.25. The summed E-state index contributed by atoms with van der Waals surface area (Å²) in [5.41, 5.74) is 0.554. The third kappa shape index (κ3) is 5.39. The first-order valence-electron chi connectivity index (χ1n) is 5.60. The molecule has 1 rings (SSSR count). The number of ether oxygens (including phenoxy) is 1. The lowest BCUT2D eigenvalue weighted by atomic mass is 10.2. The summed E-state index contributed by atoms with van der Waals surface area (Å²) in [6.45, 7) is 1.41. The fourth-order valence-electron chi connectivity index (χ4n) is 1.33. The molecule has 4 nitrogen and oxygen atoms in total. The second-order valence-electron chi connectivity index (χ2n) is 3.61. The van der Waals surface area contributed by atoms with E-state index in [0.29, 0.717) is 36.6 Å². The van der Waals surface area contributed by atoms with Crippen molar-refractivity contribution in [2.45, 2.75) is 11.3 Å². The molecule has 18 heavy (non-hydrogen) atoms. The summed E-state index contributed by atoms with van der Waals surface area (Å²) in [7, 11) is 0. The van der Waals surface area contributed by atoms with Crippen LogP contribution >= 0.6 is 28.6 Å². The smallest absolute Gasteiger partial charge is 0.252 e. The van der Waals surface area contributed by atoms with Crippen molar-refractivity contribution in [1.29, 1.82) is 0 Å². The van der Waals surface area contributed by atoms with Gasteiger partial charge in [-0.25, -0.2) is 0 Å². The minimum atomic E-state index is -0.144. The van der Waals surface area contributed by atoms with Gasteiger partial charge in [-0.2, -0.15) is 0 Å². The van der Waals surface area contributed by atoms with Crippen LogP contribution in [0.25, 0.3) is 0 Å². The van der Waals surface area contributed by atoms with Crippen molar-refractivity contribution in [2.75, 3.05) is 26.4 Å². The number of nitrogens with one attached hydrogen (secondary N) is 1. The van der Waals surface area contributed by atoms with Gasteiger partial charge >= 0.3 is 0 Å². The van der Waals surface area contributed by atoms with Crippen LogP contribution < -0.4 is 5.32 Å². The highest BCUT2D eigenvalue weighted by Crippen LogP contribution is 2.19. The minimum absolute atomic E-state index is 0.0221. The molecule has 0 aromatic heterocycles. The van der Waals surface area contributed by atoms with Gasteiger partial charge in [0, 0.05) is 22.5 Å². The minimum Gasteiger partial charge on any atom is -0.394 e. The summed E-state index contributed by atoms with van der Waals surface area (Å²) in [5.74, 6) is -0.144. The van der Waals surface area contributed by atoms with E-state index in [1.165, 1.54) is 0 Å². The van der Waals surface area contributed by atoms with Crippen molar-refractivity contribution < 1.29 is 14.6 Å². The normalized spacial score (nSPS) is 10.4. The molecule has 100 valence electrons. The van der Waals surface area contributed by atoms with Crippen molar-refractivity contribution in [2.24, 2.45) is 0 Å². The Bertz CT molecular complexity index is 401. The average molecular weight is 334 g/mol. The Morgan fingerprint density at radius 1 is 1.44 bits per heavy atom. The molecule has 0 aliphatic carbocycles. The monoisotopic (exact) mass is 333 g/mol. The summed E-state index contributed by atoms with van der Waals surface area (Å²) < 4.78 is 5.98. The number of amides is 1.